The highest BCUT2D eigenvalue weighted by Gasteiger charge is 2.42. The monoisotopic (exact) mass is 273 g/mol. The molecular formula is C16H23N3O. The second kappa shape index (κ2) is 5.43. The van der Waals surface area contributed by atoms with Gasteiger partial charge in [-0.15, -0.1) is 0 Å². The van der Waals surface area contributed by atoms with Crippen LogP contribution in [0.4, 0.5) is 5.82 Å². The van der Waals surface area contributed by atoms with Gasteiger partial charge in [-0.2, -0.15) is 0 Å². The molecule has 2 aliphatic rings. The zero-order valence-electron chi connectivity index (χ0n) is 12.3. The summed E-state index contributed by atoms with van der Waals surface area (Å²) in [5.74, 6) is 2.88. The van der Waals surface area contributed by atoms with Gasteiger partial charge < -0.3 is 10.2 Å². The molecule has 0 saturated heterocycles. The third-order valence-electron chi connectivity index (χ3n) is 4.82. The van der Waals surface area contributed by atoms with E-state index in [1.165, 1.54) is 19.3 Å². The Labute approximate surface area is 120 Å². The van der Waals surface area contributed by atoms with Gasteiger partial charge in [0.05, 0.1) is 0 Å². The van der Waals surface area contributed by atoms with E-state index in [0.717, 1.165) is 23.7 Å². The number of carbonyl (C=O) groups is 1. The van der Waals surface area contributed by atoms with Crippen molar-refractivity contribution in [3.8, 4) is 0 Å². The second-order valence-electron chi connectivity index (χ2n) is 6.38. The Kier molecular flexibility index (Phi) is 3.64. The summed E-state index contributed by atoms with van der Waals surface area (Å²) in [4.78, 5) is 18.7. The first-order valence-electron chi connectivity index (χ1n) is 7.54. The van der Waals surface area contributed by atoms with Crippen molar-refractivity contribution in [1.29, 1.82) is 0 Å². The van der Waals surface area contributed by atoms with Crippen LogP contribution in [0, 0.1) is 17.8 Å². The number of rotatable bonds is 4. The predicted octanol–water partition coefficient (Wildman–Crippen LogP) is 2.20. The van der Waals surface area contributed by atoms with Gasteiger partial charge in [-0.05, 0) is 37.2 Å². The Morgan fingerprint density at radius 2 is 2.25 bits per heavy atom. The molecule has 1 aromatic heterocycles. The minimum Gasteiger partial charge on any atom is -0.362 e. The molecule has 2 aliphatic carbocycles. The fourth-order valence-corrected chi connectivity index (χ4v) is 3.85. The van der Waals surface area contributed by atoms with E-state index in [-0.39, 0.29) is 11.8 Å². The number of hydrogen-bond acceptors (Lipinski definition) is 3. The molecule has 20 heavy (non-hydrogen) atoms. The van der Waals surface area contributed by atoms with Crippen LogP contribution in [-0.4, -0.2) is 25.0 Å². The average molecular weight is 273 g/mol. The van der Waals surface area contributed by atoms with E-state index in [4.69, 9.17) is 0 Å². The molecular weight excluding hydrogens is 250 g/mol. The van der Waals surface area contributed by atoms with Crippen LogP contribution in [0.15, 0.2) is 18.3 Å². The maximum absolute atomic E-state index is 12.3. The number of amides is 1. The lowest BCUT2D eigenvalue weighted by molar-refractivity contribution is -0.126. The average Bonchev–Trinajstić information content (AvgIpc) is 3.07. The lowest BCUT2D eigenvalue weighted by atomic mass is 9.88. The summed E-state index contributed by atoms with van der Waals surface area (Å²) >= 11 is 0. The number of hydrogen-bond donors (Lipinski definition) is 1. The largest absolute Gasteiger partial charge is 0.362 e. The van der Waals surface area contributed by atoms with Gasteiger partial charge >= 0.3 is 0 Å². The van der Waals surface area contributed by atoms with Crippen molar-refractivity contribution in [1.82, 2.24) is 10.3 Å². The van der Waals surface area contributed by atoms with Crippen LogP contribution in [0.5, 0.6) is 0 Å². The molecule has 0 unspecified atom stereocenters. The molecule has 3 atom stereocenters. The molecule has 0 spiro atoms. The van der Waals surface area contributed by atoms with Crippen molar-refractivity contribution in [2.45, 2.75) is 32.2 Å². The van der Waals surface area contributed by atoms with Crippen molar-refractivity contribution in [3.63, 3.8) is 0 Å². The molecule has 4 nitrogen and oxygen atoms in total. The van der Waals surface area contributed by atoms with E-state index >= 15 is 0 Å². The molecule has 0 aliphatic heterocycles. The summed E-state index contributed by atoms with van der Waals surface area (Å²) in [5.41, 5.74) is 1.08. The van der Waals surface area contributed by atoms with E-state index < -0.39 is 0 Å². The third kappa shape index (κ3) is 2.51. The van der Waals surface area contributed by atoms with Crippen LogP contribution >= 0.6 is 0 Å². The molecule has 1 N–H and O–H groups in total. The van der Waals surface area contributed by atoms with Gasteiger partial charge in [0.15, 0.2) is 0 Å². The number of fused-ring (bicyclic) bond motifs is 2. The van der Waals surface area contributed by atoms with E-state index in [1.54, 1.807) is 6.20 Å². The van der Waals surface area contributed by atoms with Gasteiger partial charge in [-0.1, -0.05) is 12.5 Å². The number of carbonyl (C=O) groups excluding carboxylic acids is 1. The zero-order chi connectivity index (χ0) is 14.1. The molecule has 1 amide bonds. The summed E-state index contributed by atoms with van der Waals surface area (Å²) in [7, 11) is 3.95. The van der Waals surface area contributed by atoms with Gasteiger partial charge in [0, 0.05) is 38.3 Å². The molecule has 1 aromatic rings. The highest BCUT2D eigenvalue weighted by molar-refractivity contribution is 5.79. The van der Waals surface area contributed by atoms with E-state index in [9.17, 15) is 4.79 Å². The standard InChI is InChI=1S/C16H23N3O/c1-19(2)15-13(4-3-7-17-15)10-18-16(20)14-9-11-5-6-12(14)8-11/h3-4,7,11-12,14H,5-6,8-10H2,1-2H3,(H,18,20)/t11-,12-,14-/m0/s1. The highest BCUT2D eigenvalue weighted by atomic mass is 16.1. The molecule has 3 rings (SSSR count). The Bertz CT molecular complexity index is 500. The van der Waals surface area contributed by atoms with Gasteiger partial charge in [-0.25, -0.2) is 4.98 Å². The number of anilines is 1. The van der Waals surface area contributed by atoms with Crippen LogP contribution in [-0.2, 0) is 11.3 Å². The van der Waals surface area contributed by atoms with Gasteiger partial charge in [0.1, 0.15) is 5.82 Å². The minimum atomic E-state index is 0.241. The van der Waals surface area contributed by atoms with Crippen LogP contribution in [0.2, 0.25) is 0 Å². The summed E-state index contributed by atoms with van der Waals surface area (Å²) in [5, 5.41) is 3.12. The summed E-state index contributed by atoms with van der Waals surface area (Å²) in [6.07, 6.45) is 6.75. The molecule has 108 valence electrons. The van der Waals surface area contributed by atoms with Gasteiger partial charge in [-0.3, -0.25) is 4.79 Å². The lowest BCUT2D eigenvalue weighted by Crippen LogP contribution is -2.33. The topological polar surface area (TPSA) is 45.2 Å². The number of nitrogens with one attached hydrogen (secondary N) is 1. The van der Waals surface area contributed by atoms with Crippen molar-refractivity contribution in [2.24, 2.45) is 17.8 Å². The van der Waals surface area contributed by atoms with Crippen LogP contribution in [0.25, 0.3) is 0 Å². The van der Waals surface area contributed by atoms with Crippen LogP contribution < -0.4 is 10.2 Å². The highest BCUT2D eigenvalue weighted by Crippen LogP contribution is 2.48. The van der Waals surface area contributed by atoms with Crippen molar-refractivity contribution < 1.29 is 4.79 Å². The zero-order valence-corrected chi connectivity index (χ0v) is 12.3. The fraction of sp³-hybridized carbons (Fsp3) is 0.625. The maximum atomic E-state index is 12.3. The first-order valence-corrected chi connectivity index (χ1v) is 7.54. The molecule has 4 heteroatoms. The van der Waals surface area contributed by atoms with Gasteiger partial charge in [0.25, 0.3) is 0 Å². The Morgan fingerprint density at radius 1 is 1.40 bits per heavy atom. The normalized spacial score (nSPS) is 27.6. The molecule has 1 heterocycles. The van der Waals surface area contributed by atoms with Crippen molar-refractivity contribution in [3.05, 3.63) is 23.9 Å². The van der Waals surface area contributed by atoms with Crippen molar-refractivity contribution >= 4 is 11.7 Å². The smallest absolute Gasteiger partial charge is 0.223 e. The lowest BCUT2D eigenvalue weighted by Gasteiger charge is -2.21. The van der Waals surface area contributed by atoms with Crippen LogP contribution in [0.1, 0.15) is 31.2 Å². The first-order chi connectivity index (χ1) is 9.65. The van der Waals surface area contributed by atoms with E-state index in [0.29, 0.717) is 12.5 Å². The Hall–Kier alpha value is -1.58. The minimum absolute atomic E-state index is 0.241. The number of pyridine rings is 1. The summed E-state index contributed by atoms with van der Waals surface area (Å²) in [6, 6.07) is 3.95. The van der Waals surface area contributed by atoms with E-state index in [1.807, 2.05) is 31.1 Å². The molecule has 0 aromatic carbocycles. The van der Waals surface area contributed by atoms with E-state index in [2.05, 4.69) is 10.3 Å². The number of nitrogens with zero attached hydrogens (tertiary/aromatic N) is 2. The third-order valence-corrected chi connectivity index (χ3v) is 4.82. The van der Waals surface area contributed by atoms with Crippen LogP contribution in [0.3, 0.4) is 0 Å². The summed E-state index contributed by atoms with van der Waals surface area (Å²) < 4.78 is 0. The molecule has 2 fully saturated rings. The maximum Gasteiger partial charge on any atom is 0.223 e. The number of aromatic nitrogens is 1. The predicted molar refractivity (Wildman–Crippen MR) is 79.3 cm³/mol. The molecule has 2 saturated carbocycles. The fourth-order valence-electron chi connectivity index (χ4n) is 3.85. The Morgan fingerprint density at radius 3 is 2.90 bits per heavy atom. The second-order valence-corrected chi connectivity index (χ2v) is 6.38. The first kappa shape index (κ1) is 13.4. The summed E-state index contributed by atoms with van der Waals surface area (Å²) in [6.45, 7) is 0.577. The van der Waals surface area contributed by atoms with Crippen molar-refractivity contribution in [2.75, 3.05) is 19.0 Å². The molecule has 0 radical (unpaired) electrons. The SMILES string of the molecule is CN(C)c1ncccc1CNC(=O)[C@H]1C[C@H]2CC[C@H]1C2. The quantitative estimate of drug-likeness (QED) is 0.914. The van der Waals surface area contributed by atoms with Gasteiger partial charge in [0.2, 0.25) is 5.91 Å². The Balaban J connectivity index is 1.61. The molecule has 2 bridgehead atoms.